The highest BCUT2D eigenvalue weighted by Gasteiger charge is 2.41. The number of benzene rings is 1. The van der Waals surface area contributed by atoms with Gasteiger partial charge in [0.2, 0.25) is 11.8 Å². The van der Waals surface area contributed by atoms with Crippen LogP contribution in [0, 0.1) is 11.8 Å². The highest BCUT2D eigenvalue weighted by molar-refractivity contribution is 5.89. The molecule has 1 aromatic heterocycles. The molecule has 4 atom stereocenters. The van der Waals surface area contributed by atoms with Gasteiger partial charge in [0.1, 0.15) is 12.6 Å². The van der Waals surface area contributed by atoms with Gasteiger partial charge < -0.3 is 20.4 Å². The lowest BCUT2D eigenvalue weighted by atomic mass is 9.96. The normalized spacial score (nSPS) is 20.2. The lowest BCUT2D eigenvalue weighted by Gasteiger charge is -2.29. The Labute approximate surface area is 201 Å². The monoisotopic (exact) mass is 496 g/mol. The minimum Gasteiger partial charge on any atom is -0.394 e. The van der Waals surface area contributed by atoms with Crippen LogP contribution < -0.4 is 5.32 Å². The molecule has 1 aromatic carbocycles. The van der Waals surface area contributed by atoms with Crippen LogP contribution in [0.1, 0.15) is 38.8 Å². The van der Waals surface area contributed by atoms with Crippen molar-refractivity contribution in [2.75, 3.05) is 13.2 Å². The summed E-state index contributed by atoms with van der Waals surface area (Å²) in [6.45, 7) is 4.02. The van der Waals surface area contributed by atoms with E-state index in [9.17, 15) is 33.0 Å². The van der Waals surface area contributed by atoms with Crippen LogP contribution >= 0.6 is 0 Å². The maximum atomic E-state index is 13.0. The molecular formula is C24H31F3N4O4. The van der Waals surface area contributed by atoms with Crippen LogP contribution in [-0.2, 0) is 16.1 Å². The molecule has 8 nitrogen and oxygen atoms in total. The number of likely N-dealkylation sites (tertiary alicyclic amines) is 1. The molecule has 1 aliphatic rings. The third-order valence-corrected chi connectivity index (χ3v) is 6.41. The van der Waals surface area contributed by atoms with Gasteiger partial charge in [-0.25, -0.2) is 0 Å². The Morgan fingerprint density at radius 3 is 2.40 bits per heavy atom. The van der Waals surface area contributed by atoms with Gasteiger partial charge in [-0.05, 0) is 23.1 Å². The van der Waals surface area contributed by atoms with E-state index in [0.717, 1.165) is 4.68 Å². The van der Waals surface area contributed by atoms with E-state index in [1.807, 2.05) is 13.8 Å². The predicted octanol–water partition coefficient (Wildman–Crippen LogP) is 2.52. The Morgan fingerprint density at radius 1 is 1.17 bits per heavy atom. The summed E-state index contributed by atoms with van der Waals surface area (Å²) in [5, 5.41) is 26.5. The largest absolute Gasteiger partial charge is 0.408 e. The topological polar surface area (TPSA) is 108 Å². The van der Waals surface area contributed by atoms with E-state index in [4.69, 9.17) is 0 Å². The van der Waals surface area contributed by atoms with E-state index in [0.29, 0.717) is 11.1 Å². The fourth-order valence-electron chi connectivity index (χ4n) is 4.11. The van der Waals surface area contributed by atoms with E-state index < -0.39 is 43.4 Å². The summed E-state index contributed by atoms with van der Waals surface area (Å²) >= 11 is 0. The molecule has 3 N–H and O–H groups in total. The van der Waals surface area contributed by atoms with E-state index in [-0.39, 0.29) is 36.4 Å². The lowest BCUT2D eigenvalue weighted by molar-refractivity contribution is -0.142. The van der Waals surface area contributed by atoms with Crippen molar-refractivity contribution in [3.8, 4) is 11.3 Å². The molecule has 11 heteroatoms. The third kappa shape index (κ3) is 6.40. The van der Waals surface area contributed by atoms with Gasteiger partial charge in [0.15, 0.2) is 0 Å². The highest BCUT2D eigenvalue weighted by atomic mass is 19.4. The first-order valence-electron chi connectivity index (χ1n) is 11.5. The number of β-amino-alcohol motifs (C(OH)–C–C–N with tert-alkyl or cyclic N) is 1. The second-order valence-corrected chi connectivity index (χ2v) is 9.28. The maximum absolute atomic E-state index is 13.0. The number of carbonyl (C=O) groups excluding carboxylic acids is 2. The lowest BCUT2D eigenvalue weighted by Crippen LogP contribution is -2.49. The Morgan fingerprint density at radius 2 is 1.83 bits per heavy atom. The van der Waals surface area contributed by atoms with Gasteiger partial charge in [-0.15, -0.1) is 0 Å². The molecule has 2 aromatic rings. The standard InChI is InChI=1S/C24H31F3N4O4/c1-14(2)15(3)23(35)30-11-18(33)10-21(30)22(34)29-19(12-32)16-4-6-17(7-5-16)20-8-9-28-31(20)13-24(25,26)27/h4-9,14-15,18-19,21,32-33H,10-13H2,1-3H3,(H,29,34). The smallest absolute Gasteiger partial charge is 0.394 e. The summed E-state index contributed by atoms with van der Waals surface area (Å²) in [4.78, 5) is 27.3. The zero-order valence-electron chi connectivity index (χ0n) is 19.9. The Kier molecular flexibility index (Phi) is 8.22. The molecule has 0 saturated carbocycles. The number of rotatable bonds is 8. The number of aliphatic hydroxyl groups excluding tert-OH is 2. The van der Waals surface area contributed by atoms with Crippen LogP contribution in [0.5, 0.6) is 0 Å². The number of amides is 2. The quantitative estimate of drug-likeness (QED) is 0.521. The molecule has 2 heterocycles. The van der Waals surface area contributed by atoms with Crippen molar-refractivity contribution in [1.82, 2.24) is 20.0 Å². The third-order valence-electron chi connectivity index (χ3n) is 6.41. The first kappa shape index (κ1) is 26.7. The molecule has 35 heavy (non-hydrogen) atoms. The van der Waals surface area contributed by atoms with Crippen LogP contribution in [-0.4, -0.2) is 68.2 Å². The summed E-state index contributed by atoms with van der Waals surface area (Å²) in [6, 6.07) is 6.21. The zero-order chi connectivity index (χ0) is 25.9. The number of halogens is 3. The first-order valence-corrected chi connectivity index (χ1v) is 11.5. The number of nitrogens with zero attached hydrogens (tertiary/aromatic N) is 3. The molecule has 2 amide bonds. The van der Waals surface area contributed by atoms with Crippen molar-refractivity contribution in [1.29, 1.82) is 0 Å². The zero-order valence-corrected chi connectivity index (χ0v) is 19.9. The van der Waals surface area contributed by atoms with Gasteiger partial charge >= 0.3 is 6.18 Å². The van der Waals surface area contributed by atoms with E-state index >= 15 is 0 Å². The van der Waals surface area contributed by atoms with Gasteiger partial charge in [-0.1, -0.05) is 45.0 Å². The van der Waals surface area contributed by atoms with Crippen molar-refractivity contribution >= 4 is 11.8 Å². The van der Waals surface area contributed by atoms with E-state index in [1.54, 1.807) is 31.2 Å². The Bertz CT molecular complexity index is 1020. The number of carbonyl (C=O) groups is 2. The number of aromatic nitrogens is 2. The number of hydrogen-bond donors (Lipinski definition) is 3. The Hall–Kier alpha value is -2.92. The maximum Gasteiger partial charge on any atom is 0.408 e. The van der Waals surface area contributed by atoms with Crippen LogP contribution in [0.3, 0.4) is 0 Å². The number of aliphatic hydroxyl groups is 2. The first-order chi connectivity index (χ1) is 16.4. The summed E-state index contributed by atoms with van der Waals surface area (Å²) in [6.07, 6.45) is -3.84. The minimum absolute atomic E-state index is 0.0675. The van der Waals surface area contributed by atoms with E-state index in [2.05, 4.69) is 10.4 Å². The van der Waals surface area contributed by atoms with Crippen LogP contribution in [0.25, 0.3) is 11.3 Å². The number of hydrogen-bond acceptors (Lipinski definition) is 5. The molecule has 1 aliphatic heterocycles. The molecule has 0 bridgehead atoms. The fraction of sp³-hybridized carbons (Fsp3) is 0.542. The molecule has 1 saturated heterocycles. The fourth-order valence-corrected chi connectivity index (χ4v) is 4.11. The molecule has 0 spiro atoms. The highest BCUT2D eigenvalue weighted by Crippen LogP contribution is 2.27. The summed E-state index contributed by atoms with van der Waals surface area (Å²) in [7, 11) is 0. The van der Waals surface area contributed by atoms with Gasteiger partial charge in [-0.3, -0.25) is 14.3 Å². The van der Waals surface area contributed by atoms with Gasteiger partial charge in [0.25, 0.3) is 0 Å². The van der Waals surface area contributed by atoms with Gasteiger partial charge in [0.05, 0.1) is 24.4 Å². The molecule has 1 fully saturated rings. The molecule has 0 aliphatic carbocycles. The summed E-state index contributed by atoms with van der Waals surface area (Å²) < 4.78 is 39.2. The Balaban J connectivity index is 1.73. The van der Waals surface area contributed by atoms with Crippen LogP contribution in [0.4, 0.5) is 13.2 Å². The molecular weight excluding hydrogens is 465 g/mol. The van der Waals surface area contributed by atoms with Gasteiger partial charge in [0, 0.05) is 25.1 Å². The molecule has 192 valence electrons. The SMILES string of the molecule is CC(C)C(C)C(=O)N1CC(O)CC1C(=O)NC(CO)c1ccc(-c2ccnn2CC(F)(F)F)cc1. The summed E-state index contributed by atoms with van der Waals surface area (Å²) in [5.74, 6) is -0.947. The molecule has 4 unspecified atom stereocenters. The van der Waals surface area contributed by atoms with Crippen molar-refractivity contribution < 1.29 is 33.0 Å². The molecule has 3 rings (SSSR count). The van der Waals surface area contributed by atoms with Crippen molar-refractivity contribution in [3.05, 3.63) is 42.1 Å². The molecule has 0 radical (unpaired) electrons. The average Bonchev–Trinajstić information content (AvgIpc) is 3.41. The van der Waals surface area contributed by atoms with Crippen molar-refractivity contribution in [3.63, 3.8) is 0 Å². The average molecular weight is 497 g/mol. The van der Waals surface area contributed by atoms with Crippen molar-refractivity contribution in [2.45, 2.75) is 58.1 Å². The van der Waals surface area contributed by atoms with Crippen LogP contribution in [0.15, 0.2) is 36.5 Å². The second kappa shape index (κ2) is 10.8. The van der Waals surface area contributed by atoms with Gasteiger partial charge in [-0.2, -0.15) is 18.3 Å². The second-order valence-electron chi connectivity index (χ2n) is 9.28. The van der Waals surface area contributed by atoms with E-state index in [1.165, 1.54) is 17.2 Å². The predicted molar refractivity (Wildman–Crippen MR) is 122 cm³/mol. The summed E-state index contributed by atoms with van der Waals surface area (Å²) in [5.41, 5.74) is 1.32. The minimum atomic E-state index is -4.41. The number of nitrogens with one attached hydrogen (secondary N) is 1. The van der Waals surface area contributed by atoms with Crippen molar-refractivity contribution in [2.24, 2.45) is 11.8 Å². The van der Waals surface area contributed by atoms with Crippen LogP contribution in [0.2, 0.25) is 0 Å². The number of alkyl halides is 3.